The number of hydrogen-bond donors (Lipinski definition) is 3. The zero-order chi connectivity index (χ0) is 11.9. The van der Waals surface area contributed by atoms with E-state index >= 15 is 0 Å². The van der Waals surface area contributed by atoms with Gasteiger partial charge in [0.15, 0.2) is 0 Å². The molecule has 0 bridgehead atoms. The lowest BCUT2D eigenvalue weighted by Crippen LogP contribution is -2.49. The van der Waals surface area contributed by atoms with Gasteiger partial charge in [-0.25, -0.2) is 17.7 Å². The summed E-state index contributed by atoms with van der Waals surface area (Å²) in [6.45, 7) is 6.21. The van der Waals surface area contributed by atoms with Gasteiger partial charge in [0, 0.05) is 5.41 Å². The second-order valence-corrected chi connectivity index (χ2v) is 3.85. The van der Waals surface area contributed by atoms with E-state index in [1.54, 1.807) is 0 Å². The van der Waals surface area contributed by atoms with Crippen molar-refractivity contribution in [2.45, 2.75) is 45.8 Å². The molecular weight excluding hydrogens is 198 g/mol. The minimum Gasteiger partial charge on any atom is -0.302 e. The Morgan fingerprint density at radius 1 is 1.07 bits per heavy atom. The number of rotatable bonds is 8. The van der Waals surface area contributed by atoms with Crippen LogP contribution in [0, 0.1) is 5.41 Å². The minimum absolute atomic E-state index is 0.147. The van der Waals surface area contributed by atoms with Gasteiger partial charge >= 0.3 is 0 Å². The Labute approximate surface area is 90.9 Å². The second kappa shape index (κ2) is 7.10. The van der Waals surface area contributed by atoms with Crippen LogP contribution >= 0.6 is 0 Å². The molecule has 0 aliphatic carbocycles. The van der Waals surface area contributed by atoms with Gasteiger partial charge in [0.1, 0.15) is 6.10 Å². The van der Waals surface area contributed by atoms with Crippen molar-refractivity contribution in [3.8, 4) is 0 Å². The largest absolute Gasteiger partial charge is 0.302 e. The van der Waals surface area contributed by atoms with E-state index in [4.69, 9.17) is 27.4 Å². The van der Waals surface area contributed by atoms with Gasteiger partial charge < -0.3 is 9.68 Å². The van der Waals surface area contributed by atoms with E-state index in [0.717, 1.165) is 12.8 Å². The third-order valence-corrected chi connectivity index (χ3v) is 3.18. The van der Waals surface area contributed by atoms with Crippen LogP contribution in [0.3, 0.4) is 0 Å². The molecule has 0 saturated carbocycles. The maximum absolute atomic E-state index is 5.27. The summed E-state index contributed by atoms with van der Waals surface area (Å²) in [6, 6.07) is 0. The van der Waals surface area contributed by atoms with Crippen molar-refractivity contribution in [1.29, 1.82) is 0 Å². The smallest absolute Gasteiger partial charge is 0.112 e. The van der Waals surface area contributed by atoms with Crippen LogP contribution in [0.4, 0.5) is 0 Å². The van der Waals surface area contributed by atoms with Crippen LogP contribution in [-0.4, -0.2) is 18.8 Å². The predicted molar refractivity (Wildman–Crippen MR) is 56.9 cm³/mol. The zero-order valence-corrected chi connectivity index (χ0v) is 9.73. The first-order valence-corrected chi connectivity index (χ1v) is 5.13. The maximum Gasteiger partial charge on any atom is 0.112 e. The fraction of sp³-hybridized carbons (Fsp3) is 1.00. The van der Waals surface area contributed by atoms with Crippen molar-refractivity contribution in [1.82, 2.24) is 0 Å². The van der Waals surface area contributed by atoms with Crippen molar-refractivity contribution in [3.63, 3.8) is 0 Å². The van der Waals surface area contributed by atoms with Gasteiger partial charge in [0.05, 0.1) is 12.7 Å². The van der Waals surface area contributed by atoms with Crippen LogP contribution in [-0.2, 0) is 14.5 Å². The van der Waals surface area contributed by atoms with Crippen LogP contribution in [0.1, 0.15) is 33.6 Å². The van der Waals surface area contributed by atoms with Crippen molar-refractivity contribution in [3.05, 3.63) is 0 Å². The summed E-state index contributed by atoms with van der Waals surface area (Å²) >= 11 is 0. The first kappa shape index (κ1) is 14.8. The van der Waals surface area contributed by atoms with E-state index in [1.165, 1.54) is 0 Å². The highest BCUT2D eigenvalue weighted by molar-refractivity contribution is 4.88. The van der Waals surface area contributed by atoms with E-state index in [1.807, 2.05) is 20.8 Å². The van der Waals surface area contributed by atoms with Crippen molar-refractivity contribution >= 4 is 0 Å². The molecule has 92 valence electrons. The molecule has 6 heteroatoms. The molecule has 3 atom stereocenters. The molecule has 0 saturated heterocycles. The molecule has 0 amide bonds. The summed E-state index contributed by atoms with van der Waals surface area (Å²) in [5.41, 5.74) is -0.322. The Bertz CT molecular complexity index is 167. The topological polar surface area (TPSA) is 106 Å². The fourth-order valence-electron chi connectivity index (χ4n) is 1.85. The predicted octanol–water partition coefficient (Wildman–Crippen LogP) is 0.221. The molecule has 15 heavy (non-hydrogen) atoms. The SMILES string of the molecule is CCC(ON)C(C)(CC)C(CON)ON. The number of hydrogen-bond acceptors (Lipinski definition) is 6. The summed E-state index contributed by atoms with van der Waals surface area (Å²) < 4.78 is 0. The monoisotopic (exact) mass is 221 g/mol. The first-order chi connectivity index (χ1) is 7.10. The summed E-state index contributed by atoms with van der Waals surface area (Å²) in [5, 5.41) is 0. The van der Waals surface area contributed by atoms with E-state index in [0.29, 0.717) is 0 Å². The third kappa shape index (κ3) is 3.37. The molecule has 3 unspecified atom stereocenters. The minimum atomic E-state index is -0.346. The lowest BCUT2D eigenvalue weighted by atomic mass is 9.75. The van der Waals surface area contributed by atoms with E-state index < -0.39 is 0 Å². The van der Waals surface area contributed by atoms with Crippen molar-refractivity contribution in [2.75, 3.05) is 6.61 Å². The Morgan fingerprint density at radius 2 is 1.60 bits per heavy atom. The van der Waals surface area contributed by atoms with Crippen LogP contribution in [0.5, 0.6) is 0 Å². The standard InChI is InChI=1S/C9H23N3O3/c1-4-7(14-11)9(3,5-2)8(15-12)6-13-10/h7-8H,4-6,10-12H2,1-3H3. The highest BCUT2D eigenvalue weighted by Crippen LogP contribution is 2.34. The Kier molecular flexibility index (Phi) is 6.99. The zero-order valence-electron chi connectivity index (χ0n) is 9.73. The van der Waals surface area contributed by atoms with Gasteiger partial charge in [0.2, 0.25) is 0 Å². The normalized spacial score (nSPS) is 19.6. The molecule has 0 fully saturated rings. The average molecular weight is 221 g/mol. The van der Waals surface area contributed by atoms with Crippen LogP contribution in [0.15, 0.2) is 0 Å². The molecule has 0 spiro atoms. The molecule has 0 aromatic heterocycles. The van der Waals surface area contributed by atoms with Crippen molar-refractivity contribution < 1.29 is 14.5 Å². The average Bonchev–Trinajstić information content (AvgIpc) is 2.27. The van der Waals surface area contributed by atoms with Gasteiger partial charge in [-0.1, -0.05) is 20.8 Å². The van der Waals surface area contributed by atoms with Gasteiger partial charge in [-0.15, -0.1) is 0 Å². The van der Waals surface area contributed by atoms with E-state index in [2.05, 4.69) is 4.84 Å². The molecule has 0 aromatic rings. The van der Waals surface area contributed by atoms with Gasteiger partial charge in [-0.2, -0.15) is 0 Å². The van der Waals surface area contributed by atoms with Crippen LogP contribution in [0.2, 0.25) is 0 Å². The van der Waals surface area contributed by atoms with Gasteiger partial charge in [-0.3, -0.25) is 4.84 Å². The quantitative estimate of drug-likeness (QED) is 0.506. The third-order valence-electron chi connectivity index (χ3n) is 3.18. The Hall–Kier alpha value is -0.240. The molecular formula is C9H23N3O3. The fourth-order valence-corrected chi connectivity index (χ4v) is 1.85. The molecule has 6 N–H and O–H groups in total. The molecule has 0 heterocycles. The molecule has 0 aromatic carbocycles. The first-order valence-electron chi connectivity index (χ1n) is 5.13. The van der Waals surface area contributed by atoms with Gasteiger partial charge in [0.25, 0.3) is 0 Å². The van der Waals surface area contributed by atoms with Crippen molar-refractivity contribution in [2.24, 2.45) is 23.1 Å². The summed E-state index contributed by atoms with van der Waals surface area (Å²) in [7, 11) is 0. The van der Waals surface area contributed by atoms with E-state index in [9.17, 15) is 0 Å². The lowest BCUT2D eigenvalue weighted by molar-refractivity contribution is -0.147. The van der Waals surface area contributed by atoms with Gasteiger partial charge in [-0.05, 0) is 12.8 Å². The molecule has 6 nitrogen and oxygen atoms in total. The summed E-state index contributed by atoms with van der Waals surface area (Å²) in [5.74, 6) is 15.5. The lowest BCUT2D eigenvalue weighted by Gasteiger charge is -2.39. The molecule has 0 aliphatic heterocycles. The van der Waals surface area contributed by atoms with Crippen LogP contribution < -0.4 is 17.7 Å². The number of nitrogens with two attached hydrogens (primary N) is 3. The molecule has 0 rings (SSSR count). The highest BCUT2D eigenvalue weighted by Gasteiger charge is 2.41. The maximum atomic E-state index is 5.27. The molecule has 0 radical (unpaired) electrons. The Morgan fingerprint density at radius 3 is 1.87 bits per heavy atom. The second-order valence-electron chi connectivity index (χ2n) is 3.85. The summed E-state index contributed by atoms with van der Waals surface area (Å²) in [6.07, 6.45) is 1.08. The Balaban J connectivity index is 4.76. The van der Waals surface area contributed by atoms with E-state index in [-0.39, 0.29) is 24.2 Å². The van der Waals surface area contributed by atoms with Crippen LogP contribution in [0.25, 0.3) is 0 Å². The highest BCUT2D eigenvalue weighted by atomic mass is 16.7. The molecule has 0 aliphatic rings. The summed E-state index contributed by atoms with van der Waals surface area (Å²) in [4.78, 5) is 14.4.